The largest absolute Gasteiger partial charge is 0.303 e. The van der Waals surface area contributed by atoms with E-state index in [2.05, 4.69) is 56.9 Å². The summed E-state index contributed by atoms with van der Waals surface area (Å²) in [5.41, 5.74) is 1.36. The van der Waals surface area contributed by atoms with Gasteiger partial charge in [0.05, 0.1) is 6.04 Å². The van der Waals surface area contributed by atoms with E-state index in [4.69, 9.17) is 12.2 Å². The van der Waals surface area contributed by atoms with Crippen LogP contribution in [0.4, 0.5) is 0 Å². The van der Waals surface area contributed by atoms with Crippen molar-refractivity contribution in [2.24, 2.45) is 0 Å². The summed E-state index contributed by atoms with van der Waals surface area (Å²) >= 11 is 5.42. The van der Waals surface area contributed by atoms with Crippen molar-refractivity contribution >= 4 is 12.2 Å². The number of H-pyrrole nitrogens is 1. The zero-order valence-corrected chi connectivity index (χ0v) is 14.0. The fourth-order valence-corrected chi connectivity index (χ4v) is 3.47. The molecule has 3 rings (SSSR count). The molecule has 0 unspecified atom stereocenters. The number of hydrogen-bond donors (Lipinski definition) is 1. The van der Waals surface area contributed by atoms with Crippen molar-refractivity contribution in [1.82, 2.24) is 19.7 Å². The van der Waals surface area contributed by atoms with Gasteiger partial charge in [0.25, 0.3) is 0 Å². The number of aromatic amines is 1. The SMILES string of the molecule is CCCCn1c([C@@H]2CCCN2Cc2ccccc2)n[nH]c1=S. The summed E-state index contributed by atoms with van der Waals surface area (Å²) < 4.78 is 2.96. The van der Waals surface area contributed by atoms with E-state index in [0.29, 0.717) is 6.04 Å². The molecule has 2 heterocycles. The Kier molecular flexibility index (Phi) is 5.05. The zero-order chi connectivity index (χ0) is 15.4. The summed E-state index contributed by atoms with van der Waals surface area (Å²) in [5.74, 6) is 1.12. The minimum absolute atomic E-state index is 0.380. The van der Waals surface area contributed by atoms with Gasteiger partial charge in [-0.3, -0.25) is 10.00 Å². The van der Waals surface area contributed by atoms with Gasteiger partial charge in [0.1, 0.15) is 5.82 Å². The maximum absolute atomic E-state index is 5.42. The number of aromatic nitrogens is 3. The summed E-state index contributed by atoms with van der Waals surface area (Å²) in [6.45, 7) is 5.29. The first-order valence-electron chi connectivity index (χ1n) is 8.22. The Balaban J connectivity index is 1.80. The number of unbranched alkanes of at least 4 members (excludes halogenated alkanes) is 1. The van der Waals surface area contributed by atoms with E-state index in [1.165, 1.54) is 24.8 Å². The lowest BCUT2D eigenvalue weighted by Crippen LogP contribution is -2.25. The summed E-state index contributed by atoms with van der Waals surface area (Å²) in [5, 5.41) is 7.54. The van der Waals surface area contributed by atoms with Crippen LogP contribution in [-0.4, -0.2) is 26.2 Å². The highest BCUT2D eigenvalue weighted by Crippen LogP contribution is 2.32. The molecule has 1 N–H and O–H groups in total. The highest BCUT2D eigenvalue weighted by Gasteiger charge is 2.29. The van der Waals surface area contributed by atoms with Crippen molar-refractivity contribution in [3.05, 3.63) is 46.5 Å². The normalized spacial score (nSPS) is 18.9. The second kappa shape index (κ2) is 7.20. The Hall–Kier alpha value is -1.46. The van der Waals surface area contributed by atoms with Crippen molar-refractivity contribution in [2.45, 2.75) is 51.7 Å². The minimum atomic E-state index is 0.380. The first kappa shape index (κ1) is 15.4. The van der Waals surface area contributed by atoms with Crippen LogP contribution in [0.15, 0.2) is 30.3 Å². The van der Waals surface area contributed by atoms with Crippen LogP contribution in [0, 0.1) is 4.77 Å². The topological polar surface area (TPSA) is 36.9 Å². The van der Waals surface area contributed by atoms with Gasteiger partial charge < -0.3 is 4.57 Å². The molecular weight excluding hydrogens is 292 g/mol. The monoisotopic (exact) mass is 316 g/mol. The number of likely N-dealkylation sites (tertiary alicyclic amines) is 1. The van der Waals surface area contributed by atoms with Gasteiger partial charge in [-0.1, -0.05) is 43.7 Å². The van der Waals surface area contributed by atoms with Crippen LogP contribution < -0.4 is 0 Å². The predicted octanol–water partition coefficient (Wildman–Crippen LogP) is 4.08. The number of nitrogens with zero attached hydrogens (tertiary/aromatic N) is 3. The molecule has 1 atom stereocenters. The molecule has 1 aliphatic heterocycles. The summed E-state index contributed by atoms with van der Waals surface area (Å²) in [6.07, 6.45) is 4.71. The van der Waals surface area contributed by atoms with Crippen LogP contribution in [-0.2, 0) is 13.1 Å². The molecule has 0 aliphatic carbocycles. The molecule has 0 saturated carbocycles. The lowest BCUT2D eigenvalue weighted by molar-refractivity contribution is 0.234. The number of hydrogen-bond acceptors (Lipinski definition) is 3. The first-order valence-corrected chi connectivity index (χ1v) is 8.63. The Bertz CT molecular complexity index is 646. The molecule has 1 aliphatic rings. The maximum atomic E-state index is 5.42. The van der Waals surface area contributed by atoms with Gasteiger partial charge in [0.15, 0.2) is 4.77 Å². The molecule has 1 fully saturated rings. The molecule has 1 saturated heterocycles. The second-order valence-electron chi connectivity index (χ2n) is 6.01. The van der Waals surface area contributed by atoms with E-state index in [-0.39, 0.29) is 0 Å². The third-order valence-electron chi connectivity index (χ3n) is 4.41. The summed E-state index contributed by atoms with van der Waals surface area (Å²) in [7, 11) is 0. The standard InChI is InChI=1S/C17H24N4S/c1-2-3-12-21-16(18-19-17(21)22)15-10-7-11-20(15)13-14-8-5-4-6-9-14/h4-6,8-9,15H,2-3,7,10-13H2,1H3,(H,19,22)/t15-/m0/s1. The molecule has 1 aromatic heterocycles. The minimum Gasteiger partial charge on any atom is -0.303 e. The summed E-state index contributed by atoms with van der Waals surface area (Å²) in [6, 6.07) is 11.1. The molecule has 2 aromatic rings. The first-order chi connectivity index (χ1) is 10.8. The third-order valence-corrected chi connectivity index (χ3v) is 4.72. The van der Waals surface area contributed by atoms with Crippen molar-refractivity contribution in [2.75, 3.05) is 6.54 Å². The Morgan fingerprint density at radius 3 is 2.91 bits per heavy atom. The van der Waals surface area contributed by atoms with Crippen LogP contribution in [0.3, 0.4) is 0 Å². The predicted molar refractivity (Wildman–Crippen MR) is 91.1 cm³/mol. The molecule has 118 valence electrons. The van der Waals surface area contributed by atoms with E-state index in [1.807, 2.05) is 0 Å². The summed E-state index contributed by atoms with van der Waals surface area (Å²) in [4.78, 5) is 2.53. The Morgan fingerprint density at radius 1 is 1.32 bits per heavy atom. The zero-order valence-electron chi connectivity index (χ0n) is 13.2. The average Bonchev–Trinajstić information content (AvgIpc) is 3.13. The van der Waals surface area contributed by atoms with Gasteiger partial charge >= 0.3 is 0 Å². The van der Waals surface area contributed by atoms with Crippen LogP contribution in [0.2, 0.25) is 0 Å². The van der Waals surface area contributed by atoms with Crippen molar-refractivity contribution in [1.29, 1.82) is 0 Å². The van der Waals surface area contributed by atoms with Gasteiger partial charge in [-0.2, -0.15) is 5.10 Å². The van der Waals surface area contributed by atoms with Crippen LogP contribution in [0.25, 0.3) is 0 Å². The molecule has 0 spiro atoms. The van der Waals surface area contributed by atoms with Crippen molar-refractivity contribution in [3.63, 3.8) is 0 Å². The lowest BCUT2D eigenvalue weighted by Gasteiger charge is -2.24. The van der Waals surface area contributed by atoms with Crippen LogP contribution >= 0.6 is 12.2 Å². The van der Waals surface area contributed by atoms with Crippen molar-refractivity contribution < 1.29 is 0 Å². The number of nitrogens with one attached hydrogen (secondary N) is 1. The fourth-order valence-electron chi connectivity index (χ4n) is 3.24. The quantitative estimate of drug-likeness (QED) is 0.816. The van der Waals surface area contributed by atoms with Crippen LogP contribution in [0.5, 0.6) is 0 Å². The molecule has 0 amide bonds. The number of rotatable bonds is 6. The molecular formula is C17H24N4S. The van der Waals surface area contributed by atoms with Gasteiger partial charge in [0, 0.05) is 13.1 Å². The molecule has 22 heavy (non-hydrogen) atoms. The Morgan fingerprint density at radius 2 is 2.14 bits per heavy atom. The Labute approximate surface area is 137 Å². The molecule has 4 nitrogen and oxygen atoms in total. The van der Waals surface area contributed by atoms with E-state index < -0.39 is 0 Å². The molecule has 1 aromatic carbocycles. The van der Waals surface area contributed by atoms with Gasteiger partial charge in [-0.05, 0) is 43.6 Å². The van der Waals surface area contributed by atoms with Gasteiger partial charge in [-0.15, -0.1) is 0 Å². The van der Waals surface area contributed by atoms with E-state index in [1.54, 1.807) is 0 Å². The third kappa shape index (κ3) is 3.31. The van der Waals surface area contributed by atoms with Gasteiger partial charge in [0.2, 0.25) is 0 Å². The van der Waals surface area contributed by atoms with Crippen molar-refractivity contribution in [3.8, 4) is 0 Å². The average molecular weight is 316 g/mol. The maximum Gasteiger partial charge on any atom is 0.195 e. The molecule has 0 bridgehead atoms. The van der Waals surface area contributed by atoms with E-state index >= 15 is 0 Å². The van der Waals surface area contributed by atoms with Gasteiger partial charge in [-0.25, -0.2) is 0 Å². The molecule has 0 radical (unpaired) electrons. The van der Waals surface area contributed by atoms with E-state index in [0.717, 1.165) is 36.7 Å². The smallest absolute Gasteiger partial charge is 0.195 e. The lowest BCUT2D eigenvalue weighted by atomic mass is 10.1. The molecule has 5 heteroatoms. The fraction of sp³-hybridized carbons (Fsp3) is 0.529. The highest BCUT2D eigenvalue weighted by molar-refractivity contribution is 7.71. The number of benzene rings is 1. The van der Waals surface area contributed by atoms with E-state index in [9.17, 15) is 0 Å². The highest BCUT2D eigenvalue weighted by atomic mass is 32.1. The second-order valence-corrected chi connectivity index (χ2v) is 6.39. The van der Waals surface area contributed by atoms with Crippen LogP contribution in [0.1, 0.15) is 50.0 Å².